The average molecular weight is 422 g/mol. The second-order valence-corrected chi connectivity index (χ2v) is 9.69. The summed E-state index contributed by atoms with van der Waals surface area (Å²) in [6.07, 6.45) is 2.03. The molecule has 1 aromatic carbocycles. The van der Waals surface area contributed by atoms with E-state index in [1.165, 1.54) is 4.52 Å². The molecule has 0 aliphatic carbocycles. The first-order chi connectivity index (χ1) is 13.0. The lowest BCUT2D eigenvalue weighted by Crippen LogP contribution is -2.40. The maximum absolute atomic E-state index is 13.0. The highest BCUT2D eigenvalue weighted by molar-refractivity contribution is 7.89. The van der Waals surface area contributed by atoms with E-state index >= 15 is 0 Å². The first-order valence-corrected chi connectivity index (χ1v) is 10.8. The predicted molar refractivity (Wildman–Crippen MR) is 112 cm³/mol. The minimum atomic E-state index is -3.79. The van der Waals surface area contributed by atoms with Crippen LogP contribution in [0.25, 0.3) is 5.65 Å². The Morgan fingerprint density at radius 1 is 1.21 bits per heavy atom. The van der Waals surface area contributed by atoms with Crippen LogP contribution >= 0.6 is 11.6 Å². The zero-order chi connectivity index (χ0) is 20.7. The Balaban J connectivity index is 2.15. The molecule has 150 valence electrons. The molecule has 0 fully saturated rings. The molecule has 3 rings (SSSR count). The van der Waals surface area contributed by atoms with Gasteiger partial charge in [0.15, 0.2) is 5.65 Å². The minimum Gasteiger partial charge on any atom is -0.340 e. The van der Waals surface area contributed by atoms with E-state index in [1.807, 2.05) is 26.0 Å². The van der Waals surface area contributed by atoms with Crippen LogP contribution in [0.15, 0.2) is 35.4 Å². The standard InChI is InChI=1S/C19H24ClN5O2S/c1-6-14-17(28(26,27)24-19(3,4)5)18-21-10-9-16(25(18)23-14)22-15-8-7-13(20)11-12(15)2/h7-11,22,24H,6H2,1-5H3. The Morgan fingerprint density at radius 3 is 2.54 bits per heavy atom. The molecule has 0 saturated carbocycles. The maximum Gasteiger partial charge on any atom is 0.246 e. The van der Waals surface area contributed by atoms with Crippen LogP contribution in [0.3, 0.4) is 0 Å². The van der Waals surface area contributed by atoms with Crippen LogP contribution in [0.4, 0.5) is 11.5 Å². The van der Waals surface area contributed by atoms with Crippen LogP contribution in [0.5, 0.6) is 0 Å². The molecule has 7 nitrogen and oxygen atoms in total. The highest BCUT2D eigenvalue weighted by Crippen LogP contribution is 2.27. The van der Waals surface area contributed by atoms with Crippen molar-refractivity contribution in [2.45, 2.75) is 51.5 Å². The fourth-order valence-corrected chi connectivity index (χ4v) is 4.94. The van der Waals surface area contributed by atoms with Crippen molar-refractivity contribution in [3.05, 3.63) is 46.7 Å². The summed E-state index contributed by atoms with van der Waals surface area (Å²) in [4.78, 5) is 4.42. The van der Waals surface area contributed by atoms with Crippen molar-refractivity contribution in [2.24, 2.45) is 0 Å². The first kappa shape index (κ1) is 20.6. The highest BCUT2D eigenvalue weighted by Gasteiger charge is 2.30. The molecule has 9 heteroatoms. The van der Waals surface area contributed by atoms with Gasteiger partial charge in [-0.2, -0.15) is 9.61 Å². The van der Waals surface area contributed by atoms with E-state index in [2.05, 4.69) is 20.1 Å². The van der Waals surface area contributed by atoms with E-state index in [9.17, 15) is 8.42 Å². The number of hydrogen-bond donors (Lipinski definition) is 2. The van der Waals surface area contributed by atoms with Crippen molar-refractivity contribution >= 4 is 38.8 Å². The van der Waals surface area contributed by atoms with Gasteiger partial charge in [0.05, 0.1) is 5.69 Å². The number of fused-ring (bicyclic) bond motifs is 1. The Hall–Kier alpha value is -2.16. The Labute approximate surface area is 170 Å². The van der Waals surface area contributed by atoms with Crippen LogP contribution in [0.1, 0.15) is 39.0 Å². The van der Waals surface area contributed by atoms with E-state index in [-0.39, 0.29) is 10.5 Å². The molecule has 3 aromatic rings. The minimum absolute atomic E-state index is 0.112. The summed E-state index contributed by atoms with van der Waals surface area (Å²) in [6, 6.07) is 7.26. The second kappa shape index (κ2) is 7.35. The number of aryl methyl sites for hydroxylation is 2. The molecule has 0 saturated heterocycles. The third-order valence-corrected chi connectivity index (χ3v) is 6.11. The molecule has 0 amide bonds. The van der Waals surface area contributed by atoms with Crippen LogP contribution in [-0.4, -0.2) is 28.6 Å². The fraction of sp³-hybridized carbons (Fsp3) is 0.368. The van der Waals surface area contributed by atoms with Gasteiger partial charge in [-0.15, -0.1) is 0 Å². The molecule has 28 heavy (non-hydrogen) atoms. The number of nitrogens with zero attached hydrogens (tertiary/aromatic N) is 3. The number of sulfonamides is 1. The lowest BCUT2D eigenvalue weighted by molar-refractivity contribution is 0.491. The molecule has 0 bridgehead atoms. The van der Waals surface area contributed by atoms with Gasteiger partial charge in [-0.25, -0.2) is 18.1 Å². The normalized spacial score (nSPS) is 12.5. The summed E-state index contributed by atoms with van der Waals surface area (Å²) in [7, 11) is -3.79. The van der Waals surface area contributed by atoms with Gasteiger partial charge in [-0.3, -0.25) is 0 Å². The van der Waals surface area contributed by atoms with Crippen molar-refractivity contribution < 1.29 is 8.42 Å². The monoisotopic (exact) mass is 421 g/mol. The Bertz CT molecular complexity index is 1130. The number of aromatic nitrogens is 3. The Kier molecular flexibility index (Phi) is 5.40. The summed E-state index contributed by atoms with van der Waals surface area (Å²) >= 11 is 6.03. The van der Waals surface area contributed by atoms with Crippen LogP contribution in [-0.2, 0) is 16.4 Å². The van der Waals surface area contributed by atoms with E-state index < -0.39 is 15.6 Å². The molecule has 0 atom stereocenters. The van der Waals surface area contributed by atoms with E-state index in [0.717, 1.165) is 11.3 Å². The van der Waals surface area contributed by atoms with Crippen LogP contribution in [0, 0.1) is 6.92 Å². The van der Waals surface area contributed by atoms with Gasteiger partial charge < -0.3 is 5.32 Å². The lowest BCUT2D eigenvalue weighted by atomic mass is 10.1. The van der Waals surface area contributed by atoms with Crippen molar-refractivity contribution in [3.63, 3.8) is 0 Å². The zero-order valence-electron chi connectivity index (χ0n) is 16.5. The summed E-state index contributed by atoms with van der Waals surface area (Å²) in [5.41, 5.74) is 1.94. The van der Waals surface area contributed by atoms with Gasteiger partial charge in [-0.05, 0) is 63.9 Å². The fourth-order valence-electron chi connectivity index (χ4n) is 2.93. The van der Waals surface area contributed by atoms with Gasteiger partial charge in [0, 0.05) is 22.4 Å². The highest BCUT2D eigenvalue weighted by atomic mass is 35.5. The van der Waals surface area contributed by atoms with Gasteiger partial charge in [-0.1, -0.05) is 18.5 Å². The van der Waals surface area contributed by atoms with Crippen LogP contribution < -0.4 is 10.0 Å². The molecule has 2 heterocycles. The number of halogens is 1. The molecule has 2 aromatic heterocycles. The van der Waals surface area contributed by atoms with E-state index in [1.54, 1.807) is 39.1 Å². The van der Waals surface area contributed by atoms with Crippen LogP contribution in [0.2, 0.25) is 5.02 Å². The van der Waals surface area contributed by atoms with Crippen molar-refractivity contribution in [1.29, 1.82) is 0 Å². The predicted octanol–water partition coefficient (Wildman–Crippen LogP) is 4.07. The molecule has 0 radical (unpaired) electrons. The largest absolute Gasteiger partial charge is 0.340 e. The van der Waals surface area contributed by atoms with E-state index in [0.29, 0.717) is 23.0 Å². The molecule has 0 aliphatic rings. The summed E-state index contributed by atoms with van der Waals surface area (Å²) in [5, 5.41) is 8.46. The third-order valence-electron chi connectivity index (χ3n) is 4.04. The smallest absolute Gasteiger partial charge is 0.246 e. The summed E-state index contributed by atoms with van der Waals surface area (Å²) in [5.74, 6) is 0.613. The Morgan fingerprint density at radius 2 is 1.93 bits per heavy atom. The molecule has 0 unspecified atom stereocenters. The topological polar surface area (TPSA) is 88.4 Å². The number of nitrogens with one attached hydrogen (secondary N) is 2. The number of hydrogen-bond acceptors (Lipinski definition) is 5. The van der Waals surface area contributed by atoms with Gasteiger partial charge in [0.25, 0.3) is 0 Å². The quantitative estimate of drug-likeness (QED) is 0.648. The number of rotatable bonds is 5. The van der Waals surface area contributed by atoms with Crippen molar-refractivity contribution in [2.75, 3.05) is 5.32 Å². The third kappa shape index (κ3) is 4.14. The zero-order valence-corrected chi connectivity index (χ0v) is 18.1. The molecule has 0 spiro atoms. The average Bonchev–Trinajstić information content (AvgIpc) is 2.95. The van der Waals surface area contributed by atoms with Gasteiger partial charge >= 0.3 is 0 Å². The van der Waals surface area contributed by atoms with Crippen molar-refractivity contribution in [1.82, 2.24) is 19.3 Å². The van der Waals surface area contributed by atoms with Gasteiger partial charge in [0.2, 0.25) is 10.0 Å². The summed E-state index contributed by atoms with van der Waals surface area (Å²) < 4.78 is 30.3. The van der Waals surface area contributed by atoms with E-state index in [4.69, 9.17) is 11.6 Å². The van der Waals surface area contributed by atoms with Crippen molar-refractivity contribution in [3.8, 4) is 0 Å². The molecule has 0 aliphatic heterocycles. The van der Waals surface area contributed by atoms with Gasteiger partial charge in [0.1, 0.15) is 10.7 Å². The molecular formula is C19H24ClN5O2S. The molecular weight excluding hydrogens is 398 g/mol. The number of benzene rings is 1. The lowest BCUT2D eigenvalue weighted by Gasteiger charge is -2.20. The molecule has 2 N–H and O–H groups in total. The SMILES string of the molecule is CCc1nn2c(Nc3ccc(Cl)cc3C)ccnc2c1S(=O)(=O)NC(C)(C)C. The second-order valence-electron chi connectivity index (χ2n) is 7.63. The maximum atomic E-state index is 13.0. The first-order valence-electron chi connectivity index (χ1n) is 8.95. The summed E-state index contributed by atoms with van der Waals surface area (Å²) in [6.45, 7) is 9.20. The number of anilines is 2.